The van der Waals surface area contributed by atoms with Gasteiger partial charge in [-0.3, -0.25) is 4.79 Å². The summed E-state index contributed by atoms with van der Waals surface area (Å²) in [7, 11) is 0. The lowest BCUT2D eigenvalue weighted by Crippen LogP contribution is -2.28. The predicted octanol–water partition coefficient (Wildman–Crippen LogP) is 1.79. The molecule has 1 fully saturated rings. The summed E-state index contributed by atoms with van der Waals surface area (Å²) in [4.78, 5) is 14.3. The molecule has 1 unspecified atom stereocenters. The van der Waals surface area contributed by atoms with Gasteiger partial charge in [0.1, 0.15) is 0 Å². The summed E-state index contributed by atoms with van der Waals surface area (Å²) < 4.78 is 0. The van der Waals surface area contributed by atoms with Gasteiger partial charge in [0.25, 0.3) is 5.91 Å². The number of hydrogen-bond donors (Lipinski definition) is 1. The largest absolute Gasteiger partial charge is 0.338 e. The van der Waals surface area contributed by atoms with Crippen molar-refractivity contribution < 1.29 is 4.79 Å². The van der Waals surface area contributed by atoms with Crippen LogP contribution in [0.4, 0.5) is 0 Å². The smallest absolute Gasteiger partial charge is 0.253 e. The summed E-state index contributed by atoms with van der Waals surface area (Å²) in [6, 6.07) is 5.69. The van der Waals surface area contributed by atoms with E-state index in [-0.39, 0.29) is 5.91 Å². The van der Waals surface area contributed by atoms with Gasteiger partial charge in [0.2, 0.25) is 0 Å². The number of amides is 1. The Bertz CT molecular complexity index is 539. The summed E-state index contributed by atoms with van der Waals surface area (Å²) in [6.07, 6.45) is 1.10. The Balaban J connectivity index is 2.17. The number of rotatable bonds is 1. The van der Waals surface area contributed by atoms with E-state index >= 15 is 0 Å². The minimum atomic E-state index is 0.130. The molecular formula is C16H20N2O. The molecule has 2 rings (SSSR count). The van der Waals surface area contributed by atoms with Crippen LogP contribution in [0, 0.1) is 24.7 Å². The lowest BCUT2D eigenvalue weighted by atomic mass is 10.0. The Kier molecular flexibility index (Phi) is 4.24. The van der Waals surface area contributed by atoms with Crippen LogP contribution in [0.2, 0.25) is 0 Å². The first kappa shape index (κ1) is 13.6. The van der Waals surface area contributed by atoms with E-state index in [1.54, 1.807) is 0 Å². The maximum absolute atomic E-state index is 12.3. The molecule has 100 valence electrons. The van der Waals surface area contributed by atoms with Crippen LogP contribution in [-0.4, -0.2) is 30.4 Å². The Morgan fingerprint density at radius 2 is 2.32 bits per heavy atom. The van der Waals surface area contributed by atoms with E-state index < -0.39 is 0 Å². The Morgan fingerprint density at radius 3 is 2.89 bits per heavy atom. The van der Waals surface area contributed by atoms with Crippen LogP contribution in [0.3, 0.4) is 0 Å². The number of benzene rings is 1. The van der Waals surface area contributed by atoms with Crippen LogP contribution >= 0.6 is 0 Å². The number of carbonyl (C=O) groups excluding carboxylic acids is 1. The van der Waals surface area contributed by atoms with Crippen LogP contribution in [0.1, 0.15) is 34.8 Å². The highest BCUT2D eigenvalue weighted by atomic mass is 16.2. The van der Waals surface area contributed by atoms with Crippen molar-refractivity contribution in [3.63, 3.8) is 0 Å². The normalized spacial score (nSPS) is 18.1. The third kappa shape index (κ3) is 3.15. The molecule has 0 saturated carbocycles. The Hall–Kier alpha value is -1.79. The summed E-state index contributed by atoms with van der Waals surface area (Å²) in [5, 5.41) is 0. The highest BCUT2D eigenvalue weighted by Crippen LogP contribution is 2.19. The lowest BCUT2D eigenvalue weighted by Gasteiger charge is -2.16. The molecule has 1 aliphatic heterocycles. The van der Waals surface area contributed by atoms with Gasteiger partial charge in [-0.25, -0.2) is 0 Å². The third-order valence-electron chi connectivity index (χ3n) is 3.51. The van der Waals surface area contributed by atoms with Gasteiger partial charge in [-0.2, -0.15) is 0 Å². The van der Waals surface area contributed by atoms with Crippen LogP contribution in [0.15, 0.2) is 18.2 Å². The zero-order chi connectivity index (χ0) is 13.8. The lowest BCUT2D eigenvalue weighted by molar-refractivity contribution is 0.0788. The minimum Gasteiger partial charge on any atom is -0.338 e. The molecule has 1 aromatic carbocycles. The summed E-state index contributed by atoms with van der Waals surface area (Å²) in [6.45, 7) is 6.25. The van der Waals surface area contributed by atoms with Crippen LogP contribution < -0.4 is 5.73 Å². The van der Waals surface area contributed by atoms with Gasteiger partial charge in [-0.1, -0.05) is 18.8 Å². The number of nitrogens with two attached hydrogens (primary N) is 1. The molecule has 0 aliphatic carbocycles. The number of nitrogens with zero attached hydrogens (tertiary/aromatic N) is 1. The molecule has 1 heterocycles. The molecule has 3 heteroatoms. The van der Waals surface area contributed by atoms with E-state index in [2.05, 4.69) is 18.8 Å². The van der Waals surface area contributed by atoms with E-state index in [0.717, 1.165) is 36.2 Å². The van der Waals surface area contributed by atoms with Gasteiger partial charge >= 0.3 is 0 Å². The predicted molar refractivity (Wildman–Crippen MR) is 76.8 cm³/mol. The molecular weight excluding hydrogens is 236 g/mol. The number of likely N-dealkylation sites (tertiary alicyclic amines) is 1. The van der Waals surface area contributed by atoms with Crippen molar-refractivity contribution >= 4 is 5.91 Å². The highest BCUT2D eigenvalue weighted by molar-refractivity contribution is 5.94. The van der Waals surface area contributed by atoms with Crippen LogP contribution in [-0.2, 0) is 0 Å². The quantitative estimate of drug-likeness (QED) is 0.779. The molecule has 19 heavy (non-hydrogen) atoms. The zero-order valence-corrected chi connectivity index (χ0v) is 11.6. The zero-order valence-electron chi connectivity index (χ0n) is 11.6. The van der Waals surface area contributed by atoms with Crippen molar-refractivity contribution in [1.29, 1.82) is 0 Å². The molecule has 1 atom stereocenters. The van der Waals surface area contributed by atoms with Gasteiger partial charge in [0.05, 0.1) is 6.54 Å². The summed E-state index contributed by atoms with van der Waals surface area (Å²) in [5.41, 5.74) is 8.09. The van der Waals surface area contributed by atoms with E-state index in [1.165, 1.54) is 0 Å². The molecule has 0 bridgehead atoms. The second-order valence-corrected chi connectivity index (χ2v) is 5.18. The van der Waals surface area contributed by atoms with Crippen molar-refractivity contribution in [3.8, 4) is 11.8 Å². The summed E-state index contributed by atoms with van der Waals surface area (Å²) >= 11 is 0. The molecule has 0 spiro atoms. The number of aryl methyl sites for hydroxylation is 1. The average Bonchev–Trinajstić information content (AvgIpc) is 2.83. The first-order valence-corrected chi connectivity index (χ1v) is 6.70. The average molecular weight is 256 g/mol. The molecule has 1 amide bonds. The number of carbonyl (C=O) groups is 1. The summed E-state index contributed by atoms with van der Waals surface area (Å²) in [5.74, 6) is 6.59. The monoisotopic (exact) mass is 256 g/mol. The van der Waals surface area contributed by atoms with Crippen molar-refractivity contribution in [2.45, 2.75) is 20.3 Å². The van der Waals surface area contributed by atoms with Gasteiger partial charge < -0.3 is 10.6 Å². The standard InChI is InChI=1S/C16H20N2O/c1-12-7-9-18(11-12)16(19)15-6-5-14(4-3-8-17)13(2)10-15/h5-6,10,12H,7-9,11,17H2,1-2H3. The van der Waals surface area contributed by atoms with Crippen molar-refractivity contribution in [2.75, 3.05) is 19.6 Å². The first-order valence-electron chi connectivity index (χ1n) is 6.70. The molecule has 1 saturated heterocycles. The third-order valence-corrected chi connectivity index (χ3v) is 3.51. The van der Waals surface area contributed by atoms with Crippen LogP contribution in [0.5, 0.6) is 0 Å². The topological polar surface area (TPSA) is 46.3 Å². The Labute approximate surface area is 114 Å². The molecule has 1 aromatic rings. The second kappa shape index (κ2) is 5.90. The van der Waals surface area contributed by atoms with E-state index in [1.807, 2.05) is 30.0 Å². The maximum atomic E-state index is 12.3. The molecule has 1 aliphatic rings. The van der Waals surface area contributed by atoms with E-state index in [9.17, 15) is 4.79 Å². The fourth-order valence-corrected chi connectivity index (χ4v) is 2.39. The molecule has 0 aromatic heterocycles. The SMILES string of the molecule is Cc1cc(C(=O)N2CCC(C)C2)ccc1C#CCN. The number of hydrogen-bond acceptors (Lipinski definition) is 2. The Morgan fingerprint density at radius 1 is 1.53 bits per heavy atom. The van der Waals surface area contributed by atoms with Crippen molar-refractivity contribution in [3.05, 3.63) is 34.9 Å². The van der Waals surface area contributed by atoms with E-state index in [0.29, 0.717) is 12.5 Å². The fraction of sp³-hybridized carbons (Fsp3) is 0.438. The van der Waals surface area contributed by atoms with Crippen molar-refractivity contribution in [2.24, 2.45) is 11.7 Å². The highest BCUT2D eigenvalue weighted by Gasteiger charge is 2.24. The fourth-order valence-electron chi connectivity index (χ4n) is 2.39. The molecule has 3 nitrogen and oxygen atoms in total. The second-order valence-electron chi connectivity index (χ2n) is 5.18. The maximum Gasteiger partial charge on any atom is 0.253 e. The molecule has 0 radical (unpaired) electrons. The van der Waals surface area contributed by atoms with Gasteiger partial charge in [0.15, 0.2) is 0 Å². The molecule has 2 N–H and O–H groups in total. The first-order chi connectivity index (χ1) is 9.11. The minimum absolute atomic E-state index is 0.130. The van der Waals surface area contributed by atoms with Crippen molar-refractivity contribution in [1.82, 2.24) is 4.90 Å². The van der Waals surface area contributed by atoms with Gasteiger partial charge in [-0.15, -0.1) is 0 Å². The van der Waals surface area contributed by atoms with Gasteiger partial charge in [-0.05, 0) is 43.0 Å². The van der Waals surface area contributed by atoms with Gasteiger partial charge in [0, 0.05) is 24.2 Å². The van der Waals surface area contributed by atoms with Crippen LogP contribution in [0.25, 0.3) is 0 Å². The van der Waals surface area contributed by atoms with E-state index in [4.69, 9.17) is 5.73 Å².